The van der Waals surface area contributed by atoms with Crippen LogP contribution in [0.2, 0.25) is 0 Å². The summed E-state index contributed by atoms with van der Waals surface area (Å²) >= 11 is 0. The number of aromatic nitrogens is 1. The van der Waals surface area contributed by atoms with Crippen molar-refractivity contribution in [3.8, 4) is 0 Å². The molecule has 0 radical (unpaired) electrons. The van der Waals surface area contributed by atoms with Gasteiger partial charge in [0.25, 0.3) is 0 Å². The highest BCUT2D eigenvalue weighted by Crippen LogP contribution is 2.27. The zero-order valence-corrected chi connectivity index (χ0v) is 14.1. The molecular weight excluding hydrogens is 258 g/mol. The second-order valence-electron chi connectivity index (χ2n) is 6.64. The molecule has 2 unspecified atom stereocenters. The third-order valence-electron chi connectivity index (χ3n) is 4.81. The number of nitrogens with one attached hydrogen (secondary N) is 1. The molecule has 0 spiro atoms. The molecule has 118 valence electrons. The van der Waals surface area contributed by atoms with Crippen molar-refractivity contribution in [1.29, 1.82) is 0 Å². The van der Waals surface area contributed by atoms with Crippen LogP contribution in [0.1, 0.15) is 58.7 Å². The molecule has 0 aliphatic carbocycles. The highest BCUT2D eigenvalue weighted by Gasteiger charge is 2.19. The maximum absolute atomic E-state index is 4.65. The largest absolute Gasteiger partial charge is 0.370 e. The third kappa shape index (κ3) is 4.44. The summed E-state index contributed by atoms with van der Waals surface area (Å²) in [5, 5.41) is 3.41. The summed E-state index contributed by atoms with van der Waals surface area (Å²) in [6.07, 6.45) is 6.04. The zero-order valence-electron chi connectivity index (χ0n) is 14.1. The first-order valence-corrected chi connectivity index (χ1v) is 8.56. The van der Waals surface area contributed by atoms with Gasteiger partial charge in [0.1, 0.15) is 0 Å². The van der Waals surface area contributed by atoms with Crippen molar-refractivity contribution in [2.75, 3.05) is 24.5 Å². The Hall–Kier alpha value is -1.09. The zero-order chi connectivity index (χ0) is 15.2. The fraction of sp³-hybridized carbons (Fsp3) is 0.722. The number of anilines is 1. The molecule has 0 amide bonds. The van der Waals surface area contributed by atoms with Crippen molar-refractivity contribution in [1.82, 2.24) is 10.3 Å². The minimum atomic E-state index is 0.332. The van der Waals surface area contributed by atoms with E-state index in [1.807, 2.05) is 0 Å². The number of hydrogen-bond acceptors (Lipinski definition) is 3. The molecule has 0 bridgehead atoms. The van der Waals surface area contributed by atoms with E-state index in [1.165, 1.54) is 38.0 Å². The molecule has 3 heteroatoms. The second-order valence-corrected chi connectivity index (χ2v) is 6.64. The van der Waals surface area contributed by atoms with Crippen LogP contribution < -0.4 is 10.2 Å². The van der Waals surface area contributed by atoms with Crippen molar-refractivity contribution in [2.45, 2.75) is 53.0 Å². The molecule has 1 aliphatic heterocycles. The number of nitrogens with zero attached hydrogens (tertiary/aromatic N) is 2. The van der Waals surface area contributed by atoms with Crippen LogP contribution in [0.3, 0.4) is 0 Å². The fourth-order valence-electron chi connectivity index (χ4n) is 3.30. The Labute approximate surface area is 130 Å². The minimum Gasteiger partial charge on any atom is -0.370 e. The average molecular weight is 289 g/mol. The Bertz CT molecular complexity index is 413. The van der Waals surface area contributed by atoms with Crippen LogP contribution in [0.4, 0.5) is 5.69 Å². The standard InChI is InChI=1S/C18H31N3/c1-5-19-15(4)18-9-8-17(13-20-18)21-11-6-7-16(10-12-21)14(2)3/h8-9,13-16,19H,5-7,10-12H2,1-4H3. The van der Waals surface area contributed by atoms with Gasteiger partial charge in [0.05, 0.1) is 17.6 Å². The van der Waals surface area contributed by atoms with Gasteiger partial charge in [0.15, 0.2) is 0 Å². The maximum Gasteiger partial charge on any atom is 0.0572 e. The Morgan fingerprint density at radius 3 is 2.67 bits per heavy atom. The Balaban J connectivity index is 1.98. The lowest BCUT2D eigenvalue weighted by Crippen LogP contribution is -2.25. The van der Waals surface area contributed by atoms with E-state index in [0.717, 1.165) is 24.1 Å². The van der Waals surface area contributed by atoms with Crippen molar-refractivity contribution in [3.63, 3.8) is 0 Å². The van der Waals surface area contributed by atoms with Crippen LogP contribution in [0.15, 0.2) is 18.3 Å². The Morgan fingerprint density at radius 1 is 1.24 bits per heavy atom. The van der Waals surface area contributed by atoms with E-state index in [4.69, 9.17) is 0 Å². The summed E-state index contributed by atoms with van der Waals surface area (Å²) < 4.78 is 0. The lowest BCUT2D eigenvalue weighted by molar-refractivity contribution is 0.351. The summed E-state index contributed by atoms with van der Waals surface area (Å²) in [5.41, 5.74) is 2.42. The van der Waals surface area contributed by atoms with Gasteiger partial charge in [-0.25, -0.2) is 0 Å². The molecular formula is C18H31N3. The molecule has 3 nitrogen and oxygen atoms in total. The van der Waals surface area contributed by atoms with Crippen molar-refractivity contribution in [2.24, 2.45) is 11.8 Å². The molecule has 1 saturated heterocycles. The summed E-state index contributed by atoms with van der Waals surface area (Å²) in [7, 11) is 0. The molecule has 1 N–H and O–H groups in total. The summed E-state index contributed by atoms with van der Waals surface area (Å²) in [4.78, 5) is 7.16. The van der Waals surface area contributed by atoms with Gasteiger partial charge >= 0.3 is 0 Å². The van der Waals surface area contributed by atoms with Gasteiger partial charge in [0, 0.05) is 19.1 Å². The molecule has 0 aromatic carbocycles. The molecule has 2 rings (SSSR count). The Kier molecular flexibility index (Phi) is 6.04. The topological polar surface area (TPSA) is 28.2 Å². The maximum atomic E-state index is 4.65. The second kappa shape index (κ2) is 7.79. The van der Waals surface area contributed by atoms with Crippen LogP contribution in [0, 0.1) is 11.8 Å². The highest BCUT2D eigenvalue weighted by molar-refractivity contribution is 5.44. The van der Waals surface area contributed by atoms with E-state index >= 15 is 0 Å². The normalized spacial score (nSPS) is 21.4. The lowest BCUT2D eigenvalue weighted by atomic mass is 9.89. The SMILES string of the molecule is CCNC(C)c1ccc(N2CCCC(C(C)C)CC2)cn1. The molecule has 1 aromatic heterocycles. The molecule has 1 aromatic rings. The Morgan fingerprint density at radius 2 is 2.05 bits per heavy atom. The van der Waals surface area contributed by atoms with E-state index in [2.05, 4.69) is 61.2 Å². The summed E-state index contributed by atoms with van der Waals surface area (Å²) in [6.45, 7) is 12.3. The molecule has 21 heavy (non-hydrogen) atoms. The molecule has 1 aliphatic rings. The molecule has 1 fully saturated rings. The van der Waals surface area contributed by atoms with Crippen LogP contribution in [-0.2, 0) is 0 Å². The van der Waals surface area contributed by atoms with Gasteiger partial charge in [-0.05, 0) is 56.7 Å². The molecule has 0 saturated carbocycles. The summed E-state index contributed by atoms with van der Waals surface area (Å²) in [5.74, 6) is 1.70. The van der Waals surface area contributed by atoms with E-state index in [9.17, 15) is 0 Å². The van der Waals surface area contributed by atoms with E-state index < -0.39 is 0 Å². The smallest absolute Gasteiger partial charge is 0.0572 e. The van der Waals surface area contributed by atoms with Gasteiger partial charge in [-0.1, -0.05) is 20.8 Å². The van der Waals surface area contributed by atoms with Crippen LogP contribution >= 0.6 is 0 Å². The van der Waals surface area contributed by atoms with Crippen LogP contribution in [-0.4, -0.2) is 24.6 Å². The molecule has 2 atom stereocenters. The quantitative estimate of drug-likeness (QED) is 0.887. The monoisotopic (exact) mass is 289 g/mol. The van der Waals surface area contributed by atoms with Gasteiger partial charge in [-0.2, -0.15) is 0 Å². The van der Waals surface area contributed by atoms with Crippen LogP contribution in [0.25, 0.3) is 0 Å². The first-order chi connectivity index (χ1) is 10.1. The number of rotatable bonds is 5. The van der Waals surface area contributed by atoms with Crippen molar-refractivity contribution in [3.05, 3.63) is 24.0 Å². The van der Waals surface area contributed by atoms with Crippen LogP contribution in [0.5, 0.6) is 0 Å². The minimum absolute atomic E-state index is 0.332. The number of hydrogen-bond donors (Lipinski definition) is 1. The number of pyridine rings is 1. The van der Waals surface area contributed by atoms with Crippen molar-refractivity contribution >= 4 is 5.69 Å². The summed E-state index contributed by atoms with van der Waals surface area (Å²) in [6, 6.07) is 4.75. The first-order valence-electron chi connectivity index (χ1n) is 8.56. The predicted molar refractivity (Wildman–Crippen MR) is 90.7 cm³/mol. The van der Waals surface area contributed by atoms with Crippen molar-refractivity contribution < 1.29 is 0 Å². The van der Waals surface area contributed by atoms with Gasteiger partial charge in [0.2, 0.25) is 0 Å². The fourth-order valence-corrected chi connectivity index (χ4v) is 3.30. The molecule has 2 heterocycles. The van der Waals surface area contributed by atoms with E-state index in [-0.39, 0.29) is 0 Å². The van der Waals surface area contributed by atoms with E-state index in [0.29, 0.717) is 6.04 Å². The highest BCUT2D eigenvalue weighted by atomic mass is 15.1. The predicted octanol–water partition coefficient (Wildman–Crippen LogP) is 4.01. The average Bonchev–Trinajstić information content (AvgIpc) is 2.73. The lowest BCUT2D eigenvalue weighted by Gasteiger charge is -2.24. The van der Waals surface area contributed by atoms with Gasteiger partial charge in [-0.15, -0.1) is 0 Å². The van der Waals surface area contributed by atoms with Gasteiger partial charge < -0.3 is 10.2 Å². The van der Waals surface area contributed by atoms with E-state index in [1.54, 1.807) is 0 Å². The third-order valence-corrected chi connectivity index (χ3v) is 4.81. The first kappa shape index (κ1) is 16.3. The van der Waals surface area contributed by atoms with Gasteiger partial charge in [-0.3, -0.25) is 4.98 Å².